The predicted octanol–water partition coefficient (Wildman–Crippen LogP) is 2.12. The van der Waals surface area contributed by atoms with Crippen LogP contribution in [0.15, 0.2) is 5.51 Å². The first kappa shape index (κ1) is 13.7. The summed E-state index contributed by atoms with van der Waals surface area (Å²) in [5, 5.41) is 8.04. The maximum atomic E-state index is 11.9. The van der Waals surface area contributed by atoms with Gasteiger partial charge in [0.2, 0.25) is 0 Å². The van der Waals surface area contributed by atoms with Crippen molar-refractivity contribution in [3.05, 3.63) is 27.7 Å². The van der Waals surface area contributed by atoms with Crippen molar-refractivity contribution in [3.8, 4) is 0 Å². The average molecular weight is 280 g/mol. The van der Waals surface area contributed by atoms with Gasteiger partial charge in [0.1, 0.15) is 10.7 Å². The average Bonchev–Trinajstić information content (AvgIpc) is 2.95. The van der Waals surface area contributed by atoms with Gasteiger partial charge in [0.05, 0.1) is 11.2 Å². The van der Waals surface area contributed by atoms with Crippen LogP contribution in [0.2, 0.25) is 0 Å². The van der Waals surface area contributed by atoms with Crippen LogP contribution in [0, 0.1) is 13.8 Å². The van der Waals surface area contributed by atoms with Crippen molar-refractivity contribution >= 4 is 17.3 Å². The van der Waals surface area contributed by atoms with E-state index in [2.05, 4.69) is 22.1 Å². The molecule has 0 N–H and O–H groups in total. The summed E-state index contributed by atoms with van der Waals surface area (Å²) in [6.45, 7) is 6.72. The van der Waals surface area contributed by atoms with Crippen LogP contribution in [0.3, 0.4) is 0 Å². The van der Waals surface area contributed by atoms with E-state index in [1.807, 2.05) is 11.5 Å². The van der Waals surface area contributed by atoms with Crippen molar-refractivity contribution in [2.24, 2.45) is 0 Å². The SMILES string of the molecule is CCCn1c(C)nnc1COC(=O)c1scnc1C. The lowest BCUT2D eigenvalue weighted by Gasteiger charge is -2.07. The molecule has 7 heteroatoms. The lowest BCUT2D eigenvalue weighted by atomic mass is 10.4. The van der Waals surface area contributed by atoms with Gasteiger partial charge < -0.3 is 9.30 Å². The maximum absolute atomic E-state index is 11.9. The minimum absolute atomic E-state index is 0.136. The molecule has 0 saturated carbocycles. The monoisotopic (exact) mass is 280 g/mol. The number of aromatic nitrogens is 4. The molecule has 6 nitrogen and oxygen atoms in total. The number of nitrogens with zero attached hydrogens (tertiary/aromatic N) is 4. The summed E-state index contributed by atoms with van der Waals surface area (Å²) in [5.74, 6) is 1.15. The fraction of sp³-hybridized carbons (Fsp3) is 0.500. The molecule has 0 aliphatic heterocycles. The summed E-state index contributed by atoms with van der Waals surface area (Å²) in [6, 6.07) is 0. The molecule has 0 aromatic carbocycles. The molecule has 0 radical (unpaired) electrons. The van der Waals surface area contributed by atoms with Gasteiger partial charge in [-0.3, -0.25) is 0 Å². The Hall–Kier alpha value is -1.76. The van der Waals surface area contributed by atoms with E-state index < -0.39 is 0 Å². The largest absolute Gasteiger partial charge is 0.453 e. The molecule has 0 unspecified atom stereocenters. The molecule has 0 aliphatic carbocycles. The number of carbonyl (C=O) groups excluding carboxylic acids is 1. The molecule has 2 aromatic heterocycles. The van der Waals surface area contributed by atoms with Crippen LogP contribution < -0.4 is 0 Å². The zero-order valence-corrected chi connectivity index (χ0v) is 12.0. The Kier molecular flexibility index (Phi) is 4.26. The van der Waals surface area contributed by atoms with E-state index in [0.29, 0.717) is 16.4 Å². The first-order chi connectivity index (χ1) is 9.13. The summed E-state index contributed by atoms with van der Waals surface area (Å²) in [4.78, 5) is 16.4. The van der Waals surface area contributed by atoms with Gasteiger partial charge in [0.15, 0.2) is 12.4 Å². The molecular weight excluding hydrogens is 264 g/mol. The van der Waals surface area contributed by atoms with Gasteiger partial charge in [0, 0.05) is 6.54 Å². The molecule has 2 rings (SSSR count). The van der Waals surface area contributed by atoms with Crippen molar-refractivity contribution in [2.45, 2.75) is 40.3 Å². The molecule has 0 atom stereocenters. The first-order valence-electron chi connectivity index (χ1n) is 6.09. The van der Waals surface area contributed by atoms with Crippen LogP contribution in [0.5, 0.6) is 0 Å². The molecular formula is C12H16N4O2S. The van der Waals surface area contributed by atoms with Crippen LogP contribution in [-0.4, -0.2) is 25.7 Å². The third-order valence-corrected chi connectivity index (χ3v) is 3.63. The van der Waals surface area contributed by atoms with Crippen LogP contribution in [0.1, 0.15) is 40.4 Å². The third-order valence-electron chi connectivity index (χ3n) is 2.72. The van der Waals surface area contributed by atoms with Gasteiger partial charge in [-0.15, -0.1) is 21.5 Å². The minimum Gasteiger partial charge on any atom is -0.453 e. The van der Waals surface area contributed by atoms with Gasteiger partial charge in [-0.2, -0.15) is 0 Å². The number of esters is 1. The summed E-state index contributed by atoms with van der Waals surface area (Å²) in [6.07, 6.45) is 0.980. The van der Waals surface area contributed by atoms with Gasteiger partial charge >= 0.3 is 5.97 Å². The molecule has 0 bridgehead atoms. The molecule has 102 valence electrons. The number of ether oxygens (including phenoxy) is 1. The van der Waals surface area contributed by atoms with Gasteiger partial charge in [-0.1, -0.05) is 6.92 Å². The maximum Gasteiger partial charge on any atom is 0.350 e. The van der Waals surface area contributed by atoms with Crippen molar-refractivity contribution in [1.29, 1.82) is 0 Å². The van der Waals surface area contributed by atoms with Gasteiger partial charge in [-0.25, -0.2) is 9.78 Å². The van der Waals surface area contributed by atoms with Gasteiger partial charge in [-0.05, 0) is 20.3 Å². The Morgan fingerprint density at radius 2 is 2.21 bits per heavy atom. The Labute approximate surface area is 115 Å². The normalized spacial score (nSPS) is 10.7. The number of aryl methyl sites for hydroxylation is 2. The third kappa shape index (κ3) is 2.98. The van der Waals surface area contributed by atoms with Gasteiger partial charge in [0.25, 0.3) is 0 Å². The lowest BCUT2D eigenvalue weighted by molar-refractivity contribution is 0.0462. The van der Waals surface area contributed by atoms with E-state index in [0.717, 1.165) is 18.8 Å². The zero-order chi connectivity index (χ0) is 13.8. The number of rotatable bonds is 5. The van der Waals surface area contributed by atoms with Crippen LogP contribution >= 0.6 is 11.3 Å². The van der Waals surface area contributed by atoms with Crippen LogP contribution in [0.25, 0.3) is 0 Å². The smallest absolute Gasteiger partial charge is 0.350 e. The van der Waals surface area contributed by atoms with E-state index in [4.69, 9.17) is 4.74 Å². The first-order valence-corrected chi connectivity index (χ1v) is 6.97. The molecule has 0 fully saturated rings. The van der Waals surface area contributed by atoms with Crippen molar-refractivity contribution in [1.82, 2.24) is 19.7 Å². The highest BCUT2D eigenvalue weighted by atomic mass is 32.1. The van der Waals surface area contributed by atoms with Crippen LogP contribution in [-0.2, 0) is 17.9 Å². The molecule has 0 aliphatic rings. The van der Waals surface area contributed by atoms with Crippen LogP contribution in [0.4, 0.5) is 0 Å². The predicted molar refractivity (Wildman–Crippen MR) is 71.0 cm³/mol. The molecule has 2 aromatic rings. The fourth-order valence-electron chi connectivity index (χ4n) is 1.74. The second kappa shape index (κ2) is 5.92. The standard InChI is InChI=1S/C12H16N4O2S/c1-4-5-16-9(3)14-15-10(16)6-18-12(17)11-8(2)13-7-19-11/h7H,4-6H2,1-3H3. The van der Waals surface area contributed by atoms with E-state index in [1.54, 1.807) is 12.4 Å². The Morgan fingerprint density at radius 1 is 1.42 bits per heavy atom. The van der Waals surface area contributed by atoms with Crippen molar-refractivity contribution in [3.63, 3.8) is 0 Å². The second-order valence-corrected chi connectivity index (χ2v) is 5.01. The highest BCUT2D eigenvalue weighted by molar-refractivity contribution is 7.11. The zero-order valence-electron chi connectivity index (χ0n) is 11.2. The lowest BCUT2D eigenvalue weighted by Crippen LogP contribution is -2.10. The number of hydrogen-bond acceptors (Lipinski definition) is 6. The number of thiazole rings is 1. The summed E-state index contributed by atoms with van der Waals surface area (Å²) >= 11 is 1.28. The Balaban J connectivity index is 2.03. The summed E-state index contributed by atoms with van der Waals surface area (Å²) in [7, 11) is 0. The molecule has 0 spiro atoms. The Bertz CT molecular complexity index is 576. The topological polar surface area (TPSA) is 69.9 Å². The van der Waals surface area contributed by atoms with E-state index in [1.165, 1.54) is 11.3 Å². The van der Waals surface area contributed by atoms with Crippen molar-refractivity contribution < 1.29 is 9.53 Å². The van der Waals surface area contributed by atoms with E-state index in [-0.39, 0.29) is 12.6 Å². The fourth-order valence-corrected chi connectivity index (χ4v) is 2.43. The Morgan fingerprint density at radius 3 is 2.84 bits per heavy atom. The number of hydrogen-bond donors (Lipinski definition) is 0. The van der Waals surface area contributed by atoms with E-state index in [9.17, 15) is 4.79 Å². The van der Waals surface area contributed by atoms with Crippen molar-refractivity contribution in [2.75, 3.05) is 0 Å². The van der Waals surface area contributed by atoms with E-state index >= 15 is 0 Å². The molecule has 0 saturated heterocycles. The second-order valence-electron chi connectivity index (χ2n) is 4.16. The summed E-state index contributed by atoms with van der Waals surface area (Å²) in [5.41, 5.74) is 2.33. The number of carbonyl (C=O) groups is 1. The molecule has 0 amide bonds. The minimum atomic E-state index is -0.358. The highest BCUT2D eigenvalue weighted by Crippen LogP contribution is 2.14. The highest BCUT2D eigenvalue weighted by Gasteiger charge is 2.15. The summed E-state index contributed by atoms with van der Waals surface area (Å²) < 4.78 is 7.23. The quantitative estimate of drug-likeness (QED) is 0.785. The molecule has 19 heavy (non-hydrogen) atoms. The molecule has 2 heterocycles.